The van der Waals surface area contributed by atoms with Crippen LogP contribution in [0.5, 0.6) is 0 Å². The molecule has 0 aromatic heterocycles. The highest BCUT2D eigenvalue weighted by Crippen LogP contribution is 2.16. The average molecular weight is 229 g/mol. The van der Waals surface area contributed by atoms with Crippen molar-refractivity contribution in [1.82, 2.24) is 0 Å². The van der Waals surface area contributed by atoms with Crippen molar-refractivity contribution in [3.8, 4) is 0 Å². The lowest BCUT2D eigenvalue weighted by molar-refractivity contribution is 0.0860. The number of aliphatic hydroxyl groups is 2. The molecule has 5 heteroatoms. The molecule has 1 atom stereocenters. The largest absolute Gasteiger partial charge is 0.475 e. The van der Waals surface area contributed by atoms with E-state index < -0.39 is 12.0 Å². The van der Waals surface area contributed by atoms with Gasteiger partial charge in [-0.15, -0.1) is 0 Å². The molecule has 0 aliphatic carbocycles. The van der Waals surface area contributed by atoms with Crippen LogP contribution in [0.3, 0.4) is 0 Å². The highest BCUT2D eigenvalue weighted by Gasteiger charge is 2.30. The van der Waals surface area contributed by atoms with E-state index in [9.17, 15) is 10.2 Å². The SMILES string of the molecule is CCCCCCC(O)/C([N+]#N)=C(\O)OCC. The third-order valence-electron chi connectivity index (χ3n) is 2.25. The Morgan fingerprint density at radius 2 is 2.00 bits per heavy atom. The van der Waals surface area contributed by atoms with Crippen LogP contribution in [0.4, 0.5) is 0 Å². The Hall–Kier alpha value is -1.28. The molecule has 92 valence electrons. The van der Waals surface area contributed by atoms with E-state index >= 15 is 0 Å². The summed E-state index contributed by atoms with van der Waals surface area (Å²) >= 11 is 0. The van der Waals surface area contributed by atoms with Crippen LogP contribution < -0.4 is 0 Å². The summed E-state index contributed by atoms with van der Waals surface area (Å²) in [4.78, 5) is 2.86. The summed E-state index contributed by atoms with van der Waals surface area (Å²) in [6, 6.07) is 0. The third-order valence-corrected chi connectivity index (χ3v) is 2.25. The molecule has 0 saturated heterocycles. The summed E-state index contributed by atoms with van der Waals surface area (Å²) in [6.45, 7) is 4.05. The summed E-state index contributed by atoms with van der Waals surface area (Å²) in [7, 11) is 0. The standard InChI is InChI=1S/C11H20N2O3/c1-3-5-6-7-8-9(14)10(13-12)11(15)16-4-2/h9,14H,3-8H2,1-2H3/p+1/b11-10-. The van der Waals surface area contributed by atoms with Gasteiger partial charge < -0.3 is 14.9 Å². The Morgan fingerprint density at radius 3 is 2.50 bits per heavy atom. The van der Waals surface area contributed by atoms with Crippen LogP contribution in [-0.4, -0.2) is 22.9 Å². The minimum atomic E-state index is -0.978. The third kappa shape index (κ3) is 5.56. The van der Waals surface area contributed by atoms with Crippen LogP contribution in [-0.2, 0) is 4.74 Å². The van der Waals surface area contributed by atoms with Crippen molar-refractivity contribution in [1.29, 1.82) is 5.39 Å². The molecule has 0 fully saturated rings. The molecule has 0 aliphatic rings. The van der Waals surface area contributed by atoms with Crippen LogP contribution >= 0.6 is 0 Å². The van der Waals surface area contributed by atoms with Gasteiger partial charge in [-0.25, -0.2) is 0 Å². The van der Waals surface area contributed by atoms with E-state index in [2.05, 4.69) is 11.9 Å². The molecule has 0 bridgehead atoms. The number of unbranched alkanes of at least 4 members (excludes halogenated alkanes) is 3. The number of aliphatic hydroxyl groups excluding tert-OH is 2. The Balaban J connectivity index is 4.16. The molecule has 0 rings (SSSR count). The van der Waals surface area contributed by atoms with E-state index in [0.29, 0.717) is 6.42 Å². The fraction of sp³-hybridized carbons (Fsp3) is 0.818. The quantitative estimate of drug-likeness (QED) is 0.381. The van der Waals surface area contributed by atoms with Crippen molar-refractivity contribution in [2.75, 3.05) is 6.61 Å². The van der Waals surface area contributed by atoms with Crippen LogP contribution in [0.15, 0.2) is 11.6 Å². The highest BCUT2D eigenvalue weighted by atomic mass is 16.6. The van der Waals surface area contributed by atoms with Crippen molar-refractivity contribution in [2.45, 2.75) is 52.1 Å². The number of hydrogen-bond donors (Lipinski definition) is 2. The van der Waals surface area contributed by atoms with Crippen LogP contribution in [0.2, 0.25) is 0 Å². The van der Waals surface area contributed by atoms with E-state index in [1.807, 2.05) is 0 Å². The molecular weight excluding hydrogens is 208 g/mol. The number of nitrogens with zero attached hydrogens (tertiary/aromatic N) is 2. The zero-order valence-electron chi connectivity index (χ0n) is 10.0. The molecule has 16 heavy (non-hydrogen) atoms. The summed E-state index contributed by atoms with van der Waals surface area (Å²) in [5, 5.41) is 27.6. The van der Waals surface area contributed by atoms with Crippen molar-refractivity contribution < 1.29 is 14.9 Å². The van der Waals surface area contributed by atoms with Gasteiger partial charge in [0, 0.05) is 0 Å². The normalized spacial score (nSPS) is 13.9. The summed E-state index contributed by atoms with van der Waals surface area (Å²) in [6.07, 6.45) is 3.55. The summed E-state index contributed by atoms with van der Waals surface area (Å²) in [5.41, 5.74) is -0.196. The smallest absolute Gasteiger partial charge is 0.468 e. The molecular formula is C11H21N2O3+. The van der Waals surface area contributed by atoms with Gasteiger partial charge >= 0.3 is 11.6 Å². The van der Waals surface area contributed by atoms with Gasteiger partial charge in [0.1, 0.15) is 0 Å². The minimum absolute atomic E-state index is 0.196. The number of rotatable bonds is 8. The topological polar surface area (TPSA) is 77.8 Å². The van der Waals surface area contributed by atoms with E-state index in [4.69, 9.17) is 10.1 Å². The van der Waals surface area contributed by atoms with Gasteiger partial charge in [0.25, 0.3) is 0 Å². The lowest BCUT2D eigenvalue weighted by atomic mass is 10.1. The first kappa shape index (κ1) is 14.7. The van der Waals surface area contributed by atoms with Crippen LogP contribution in [0.25, 0.3) is 4.98 Å². The summed E-state index contributed by atoms with van der Waals surface area (Å²) in [5.74, 6) is -0.506. The maximum atomic E-state index is 9.65. The van der Waals surface area contributed by atoms with E-state index in [1.165, 1.54) is 0 Å². The van der Waals surface area contributed by atoms with E-state index in [0.717, 1.165) is 25.7 Å². The van der Waals surface area contributed by atoms with Crippen molar-refractivity contribution in [3.05, 3.63) is 16.6 Å². The average Bonchev–Trinajstić information content (AvgIpc) is 2.26. The molecule has 0 saturated carbocycles. The Kier molecular flexibility index (Phi) is 8.26. The van der Waals surface area contributed by atoms with E-state index in [-0.39, 0.29) is 12.3 Å². The summed E-state index contributed by atoms with van der Waals surface area (Å²) < 4.78 is 4.76. The molecule has 0 aliphatic heterocycles. The molecule has 0 spiro atoms. The van der Waals surface area contributed by atoms with Gasteiger partial charge in [0.2, 0.25) is 5.39 Å². The second-order valence-electron chi connectivity index (χ2n) is 3.59. The molecule has 0 heterocycles. The Morgan fingerprint density at radius 1 is 1.31 bits per heavy atom. The Labute approximate surface area is 96.4 Å². The van der Waals surface area contributed by atoms with Gasteiger partial charge in [0.05, 0.1) is 6.61 Å². The zero-order valence-corrected chi connectivity index (χ0v) is 10.0. The number of ether oxygens (including phenoxy) is 1. The lowest BCUT2D eigenvalue weighted by Crippen LogP contribution is -2.11. The zero-order chi connectivity index (χ0) is 12.4. The first-order valence-electron chi connectivity index (χ1n) is 5.76. The van der Waals surface area contributed by atoms with Crippen LogP contribution in [0.1, 0.15) is 46.0 Å². The molecule has 5 nitrogen and oxygen atoms in total. The van der Waals surface area contributed by atoms with Gasteiger partial charge in [-0.05, 0) is 13.3 Å². The van der Waals surface area contributed by atoms with Gasteiger partial charge in [-0.3, -0.25) is 0 Å². The first-order chi connectivity index (χ1) is 7.67. The van der Waals surface area contributed by atoms with Gasteiger partial charge in [-0.1, -0.05) is 32.6 Å². The molecule has 0 radical (unpaired) electrons. The van der Waals surface area contributed by atoms with Crippen molar-refractivity contribution >= 4 is 0 Å². The van der Waals surface area contributed by atoms with Crippen molar-refractivity contribution in [3.63, 3.8) is 0 Å². The fourth-order valence-electron chi connectivity index (χ4n) is 1.36. The molecule has 0 aromatic rings. The highest BCUT2D eigenvalue weighted by molar-refractivity contribution is 5.14. The molecule has 0 amide bonds. The molecule has 2 N–H and O–H groups in total. The number of diazo groups is 1. The Bertz CT molecular complexity index is 258. The predicted octanol–water partition coefficient (Wildman–Crippen LogP) is 2.93. The van der Waals surface area contributed by atoms with Crippen molar-refractivity contribution in [2.24, 2.45) is 0 Å². The molecule has 1 unspecified atom stereocenters. The fourth-order valence-corrected chi connectivity index (χ4v) is 1.36. The number of hydrogen-bond acceptors (Lipinski definition) is 4. The predicted molar refractivity (Wildman–Crippen MR) is 61.1 cm³/mol. The maximum Gasteiger partial charge on any atom is 0.468 e. The van der Waals surface area contributed by atoms with Crippen LogP contribution in [0, 0.1) is 5.39 Å². The second kappa shape index (κ2) is 8.98. The lowest BCUT2D eigenvalue weighted by Gasteiger charge is -2.04. The van der Waals surface area contributed by atoms with E-state index in [1.54, 1.807) is 6.92 Å². The minimum Gasteiger partial charge on any atom is -0.475 e. The monoisotopic (exact) mass is 229 g/mol. The second-order valence-corrected chi connectivity index (χ2v) is 3.59. The first-order valence-corrected chi connectivity index (χ1v) is 5.76. The van der Waals surface area contributed by atoms with Gasteiger partial charge in [0.15, 0.2) is 11.1 Å². The molecule has 0 aromatic carbocycles. The maximum absolute atomic E-state index is 9.65. The van der Waals surface area contributed by atoms with Gasteiger partial charge in [-0.2, -0.15) is 0 Å².